The summed E-state index contributed by atoms with van der Waals surface area (Å²) >= 11 is 1.72. The fraction of sp³-hybridized carbons (Fsp3) is 0.900. The quantitative estimate of drug-likeness (QED) is 0.659. The molecular formula is C10H20OS. The first-order valence-corrected chi connectivity index (χ1v) is 5.70. The molecule has 0 aromatic rings. The zero-order valence-corrected chi connectivity index (χ0v) is 9.46. The molecule has 0 rings (SSSR count). The lowest BCUT2D eigenvalue weighted by atomic mass is 9.90. The van der Waals surface area contributed by atoms with E-state index in [1.165, 1.54) is 0 Å². The second-order valence-electron chi connectivity index (χ2n) is 4.24. The minimum atomic E-state index is 0.298. The molecule has 1 nitrogen and oxygen atoms in total. The van der Waals surface area contributed by atoms with Crippen LogP contribution in [0.3, 0.4) is 0 Å². The first-order chi connectivity index (χ1) is 5.45. The predicted octanol–water partition coefficient (Wildman–Crippen LogP) is 3.13. The maximum atomic E-state index is 11.2. The highest BCUT2D eigenvalue weighted by Crippen LogP contribution is 2.21. The largest absolute Gasteiger partial charge is 0.299 e. The Hall–Kier alpha value is 0.0200. The minimum Gasteiger partial charge on any atom is -0.299 e. The van der Waals surface area contributed by atoms with E-state index in [-0.39, 0.29) is 0 Å². The van der Waals surface area contributed by atoms with E-state index >= 15 is 0 Å². The van der Waals surface area contributed by atoms with Crippen LogP contribution in [0.4, 0.5) is 0 Å². The Bertz CT molecular complexity index is 135. The van der Waals surface area contributed by atoms with Crippen LogP contribution in [0.5, 0.6) is 0 Å². The van der Waals surface area contributed by atoms with E-state index in [2.05, 4.69) is 27.7 Å². The van der Waals surface area contributed by atoms with Crippen molar-refractivity contribution in [3.63, 3.8) is 0 Å². The van der Waals surface area contributed by atoms with Crippen molar-refractivity contribution in [2.75, 3.05) is 11.5 Å². The molecule has 0 unspecified atom stereocenters. The van der Waals surface area contributed by atoms with Crippen molar-refractivity contribution < 1.29 is 4.79 Å². The Kier molecular flexibility index (Phi) is 5.64. The number of hydrogen-bond acceptors (Lipinski definition) is 2. The molecule has 0 aliphatic heterocycles. The number of Topliss-reactive ketones (excluding diaryl/α,β-unsaturated/α-hetero) is 1. The lowest BCUT2D eigenvalue weighted by Crippen LogP contribution is -2.10. The SMILES string of the molecule is CCSCC(=O)CCC(C)(C)C. The van der Waals surface area contributed by atoms with Gasteiger partial charge in [-0.25, -0.2) is 0 Å². The molecule has 0 aliphatic rings. The molecule has 12 heavy (non-hydrogen) atoms. The molecule has 0 amide bonds. The van der Waals surface area contributed by atoms with Crippen LogP contribution in [0.1, 0.15) is 40.5 Å². The van der Waals surface area contributed by atoms with Crippen LogP contribution in [0, 0.1) is 5.41 Å². The minimum absolute atomic E-state index is 0.298. The number of ketones is 1. The molecule has 0 heterocycles. The van der Waals surface area contributed by atoms with E-state index in [9.17, 15) is 4.79 Å². The molecule has 2 heteroatoms. The van der Waals surface area contributed by atoms with Gasteiger partial charge in [-0.2, -0.15) is 11.8 Å². The summed E-state index contributed by atoms with van der Waals surface area (Å²) in [5.41, 5.74) is 0.298. The first kappa shape index (κ1) is 12.0. The third-order valence-electron chi connectivity index (χ3n) is 1.62. The van der Waals surface area contributed by atoms with Crippen molar-refractivity contribution in [1.29, 1.82) is 0 Å². The molecule has 0 N–H and O–H groups in total. The Labute approximate surface area is 80.3 Å². The normalized spacial score (nSPS) is 11.7. The summed E-state index contributed by atoms with van der Waals surface area (Å²) in [6.45, 7) is 8.61. The van der Waals surface area contributed by atoms with Crippen LogP contribution in [0.2, 0.25) is 0 Å². The second-order valence-corrected chi connectivity index (χ2v) is 5.51. The molecule has 0 saturated carbocycles. The van der Waals surface area contributed by atoms with Crippen LogP contribution >= 0.6 is 11.8 Å². The van der Waals surface area contributed by atoms with Crippen LogP contribution in [0.15, 0.2) is 0 Å². The maximum absolute atomic E-state index is 11.2. The van der Waals surface area contributed by atoms with Crippen LogP contribution in [-0.4, -0.2) is 17.3 Å². The molecule has 0 fully saturated rings. The van der Waals surface area contributed by atoms with E-state index in [0.717, 1.165) is 18.6 Å². The molecule has 72 valence electrons. The van der Waals surface area contributed by atoms with Gasteiger partial charge in [0.15, 0.2) is 0 Å². The van der Waals surface area contributed by atoms with Crippen LogP contribution in [0.25, 0.3) is 0 Å². The fourth-order valence-electron chi connectivity index (χ4n) is 0.802. The molecule has 0 aliphatic carbocycles. The monoisotopic (exact) mass is 188 g/mol. The van der Waals surface area contributed by atoms with Gasteiger partial charge in [-0.1, -0.05) is 27.7 Å². The third kappa shape index (κ3) is 8.12. The molecule has 0 aromatic carbocycles. The van der Waals surface area contributed by atoms with Gasteiger partial charge < -0.3 is 0 Å². The number of hydrogen-bond donors (Lipinski definition) is 0. The predicted molar refractivity (Wildman–Crippen MR) is 56.7 cm³/mol. The van der Waals surface area contributed by atoms with E-state index in [4.69, 9.17) is 0 Å². The van der Waals surface area contributed by atoms with E-state index < -0.39 is 0 Å². The van der Waals surface area contributed by atoms with Crippen molar-refractivity contribution in [3.8, 4) is 0 Å². The summed E-state index contributed by atoms with van der Waals surface area (Å²) in [6, 6.07) is 0. The molecule has 0 atom stereocenters. The van der Waals surface area contributed by atoms with E-state index in [1.807, 2.05) is 0 Å². The Balaban J connectivity index is 3.44. The highest BCUT2D eigenvalue weighted by molar-refractivity contribution is 7.99. The number of thioether (sulfide) groups is 1. The molecule has 0 aromatic heterocycles. The fourth-order valence-corrected chi connectivity index (χ4v) is 1.38. The Morgan fingerprint density at radius 3 is 2.33 bits per heavy atom. The van der Waals surface area contributed by atoms with Gasteiger partial charge in [0.05, 0.1) is 5.75 Å². The van der Waals surface area contributed by atoms with Crippen molar-refractivity contribution in [2.45, 2.75) is 40.5 Å². The number of carbonyl (C=O) groups excluding carboxylic acids is 1. The number of rotatable bonds is 5. The molecule has 0 spiro atoms. The van der Waals surface area contributed by atoms with Crippen molar-refractivity contribution in [1.82, 2.24) is 0 Å². The van der Waals surface area contributed by atoms with Gasteiger partial charge in [0, 0.05) is 6.42 Å². The summed E-state index contributed by atoms with van der Waals surface area (Å²) in [4.78, 5) is 11.2. The summed E-state index contributed by atoms with van der Waals surface area (Å²) in [5.74, 6) is 2.14. The van der Waals surface area contributed by atoms with Crippen molar-refractivity contribution >= 4 is 17.5 Å². The van der Waals surface area contributed by atoms with Crippen LogP contribution in [-0.2, 0) is 4.79 Å². The zero-order valence-electron chi connectivity index (χ0n) is 8.64. The maximum Gasteiger partial charge on any atom is 0.142 e. The third-order valence-corrected chi connectivity index (χ3v) is 2.56. The van der Waals surface area contributed by atoms with E-state index in [1.54, 1.807) is 11.8 Å². The van der Waals surface area contributed by atoms with Gasteiger partial charge in [-0.05, 0) is 17.6 Å². The lowest BCUT2D eigenvalue weighted by Gasteiger charge is -2.16. The summed E-state index contributed by atoms with van der Waals surface area (Å²) in [5, 5.41) is 0. The van der Waals surface area contributed by atoms with Gasteiger partial charge in [0.1, 0.15) is 5.78 Å². The van der Waals surface area contributed by atoms with Crippen molar-refractivity contribution in [2.24, 2.45) is 5.41 Å². The summed E-state index contributed by atoms with van der Waals surface area (Å²) in [6.07, 6.45) is 1.76. The Morgan fingerprint density at radius 1 is 1.33 bits per heavy atom. The smallest absolute Gasteiger partial charge is 0.142 e. The second kappa shape index (κ2) is 5.63. The molecule has 0 bridgehead atoms. The molecule has 0 saturated heterocycles. The highest BCUT2D eigenvalue weighted by atomic mass is 32.2. The standard InChI is InChI=1S/C10H20OS/c1-5-12-8-9(11)6-7-10(2,3)4/h5-8H2,1-4H3. The Morgan fingerprint density at radius 2 is 1.92 bits per heavy atom. The van der Waals surface area contributed by atoms with Gasteiger partial charge in [-0.15, -0.1) is 0 Å². The molecule has 0 radical (unpaired) electrons. The summed E-state index contributed by atoms with van der Waals surface area (Å²) in [7, 11) is 0. The van der Waals surface area contributed by atoms with Crippen LogP contribution < -0.4 is 0 Å². The topological polar surface area (TPSA) is 17.1 Å². The van der Waals surface area contributed by atoms with E-state index in [0.29, 0.717) is 17.0 Å². The lowest BCUT2D eigenvalue weighted by molar-refractivity contribution is -0.117. The molecular weight excluding hydrogens is 168 g/mol. The summed E-state index contributed by atoms with van der Waals surface area (Å²) < 4.78 is 0. The number of carbonyl (C=O) groups is 1. The zero-order chi connectivity index (χ0) is 9.61. The average molecular weight is 188 g/mol. The highest BCUT2D eigenvalue weighted by Gasteiger charge is 2.12. The van der Waals surface area contributed by atoms with Crippen molar-refractivity contribution in [3.05, 3.63) is 0 Å². The first-order valence-electron chi connectivity index (χ1n) is 4.55. The van der Waals surface area contributed by atoms with Gasteiger partial charge in [-0.3, -0.25) is 4.79 Å². The van der Waals surface area contributed by atoms with Gasteiger partial charge in [0.2, 0.25) is 0 Å². The van der Waals surface area contributed by atoms with Gasteiger partial charge >= 0.3 is 0 Å². The van der Waals surface area contributed by atoms with Gasteiger partial charge in [0.25, 0.3) is 0 Å². The average Bonchev–Trinajstić information content (AvgIpc) is 1.95.